The molecule has 1 unspecified atom stereocenters. The number of aromatic amines is 1. The largest absolute Gasteiger partial charge is 0.349 e. The molecule has 2 fully saturated rings. The van der Waals surface area contributed by atoms with Gasteiger partial charge in [-0.2, -0.15) is 4.39 Å². The summed E-state index contributed by atoms with van der Waals surface area (Å²) in [6, 6.07) is 0. The van der Waals surface area contributed by atoms with E-state index in [9.17, 15) is 14.0 Å². The molecule has 0 aliphatic carbocycles. The number of hydrogen-bond acceptors (Lipinski definition) is 5. The maximum absolute atomic E-state index is 13.7. The molecule has 2 aliphatic rings. The highest BCUT2D eigenvalue weighted by Crippen LogP contribution is 2.46. The maximum atomic E-state index is 13.7. The molecule has 0 bridgehead atoms. The number of nitrogens with one attached hydrogen (secondary N) is 1. The van der Waals surface area contributed by atoms with Crippen molar-refractivity contribution in [2.24, 2.45) is 0 Å². The van der Waals surface area contributed by atoms with Gasteiger partial charge in [0.15, 0.2) is 12.0 Å². The van der Waals surface area contributed by atoms with E-state index in [1.165, 1.54) is 0 Å². The molecule has 25 heavy (non-hydrogen) atoms. The SMILES string of the molecule is CCCC1(CCC)OC2[C@@H](CC)O[C@@H](n3cc(F)c(=O)[nH]c3=O)[C@H]2O1. The minimum absolute atomic E-state index is 0.257. The quantitative estimate of drug-likeness (QED) is 0.844. The molecule has 0 radical (unpaired) electrons. The topological polar surface area (TPSA) is 82.5 Å². The van der Waals surface area contributed by atoms with E-state index in [-0.39, 0.29) is 12.2 Å². The van der Waals surface area contributed by atoms with Crippen molar-refractivity contribution in [2.45, 2.75) is 83.2 Å². The average molecular weight is 356 g/mol. The van der Waals surface area contributed by atoms with Crippen molar-refractivity contribution < 1.29 is 18.6 Å². The number of halogens is 1. The molecule has 2 aliphatic heterocycles. The van der Waals surface area contributed by atoms with Crippen LogP contribution in [0.25, 0.3) is 0 Å². The summed E-state index contributed by atoms with van der Waals surface area (Å²) >= 11 is 0. The van der Waals surface area contributed by atoms with E-state index in [0.29, 0.717) is 6.42 Å². The van der Waals surface area contributed by atoms with E-state index in [1.807, 2.05) is 11.9 Å². The summed E-state index contributed by atoms with van der Waals surface area (Å²) in [6.45, 7) is 6.08. The Kier molecular flexibility index (Phi) is 5.13. The van der Waals surface area contributed by atoms with Crippen LogP contribution in [0.15, 0.2) is 15.8 Å². The van der Waals surface area contributed by atoms with E-state index in [4.69, 9.17) is 14.2 Å². The molecule has 1 aromatic heterocycles. The van der Waals surface area contributed by atoms with E-state index in [1.54, 1.807) is 0 Å². The van der Waals surface area contributed by atoms with Crippen LogP contribution in [0.1, 0.15) is 59.1 Å². The number of fused-ring (bicyclic) bond motifs is 1. The highest BCUT2D eigenvalue weighted by atomic mass is 19.1. The molecule has 3 rings (SSSR count). The van der Waals surface area contributed by atoms with Gasteiger partial charge >= 0.3 is 5.69 Å². The van der Waals surface area contributed by atoms with Crippen molar-refractivity contribution in [3.8, 4) is 0 Å². The molecule has 1 aromatic rings. The van der Waals surface area contributed by atoms with E-state index >= 15 is 0 Å². The summed E-state index contributed by atoms with van der Waals surface area (Å²) in [4.78, 5) is 25.4. The first-order valence-corrected chi connectivity index (χ1v) is 8.96. The highest BCUT2D eigenvalue weighted by molar-refractivity contribution is 5.00. The Balaban J connectivity index is 1.96. The van der Waals surface area contributed by atoms with Gasteiger partial charge in [0.1, 0.15) is 12.2 Å². The van der Waals surface area contributed by atoms with E-state index in [0.717, 1.165) is 36.4 Å². The molecule has 0 spiro atoms. The smallest absolute Gasteiger partial charge is 0.330 e. The molecule has 0 amide bonds. The lowest BCUT2D eigenvalue weighted by Gasteiger charge is -2.31. The van der Waals surface area contributed by atoms with Crippen LogP contribution >= 0.6 is 0 Å². The summed E-state index contributed by atoms with van der Waals surface area (Å²) < 4.78 is 33.2. The third kappa shape index (κ3) is 3.18. The van der Waals surface area contributed by atoms with Gasteiger partial charge in [0.05, 0.1) is 12.3 Å². The molecule has 0 saturated carbocycles. The van der Waals surface area contributed by atoms with Gasteiger partial charge in [0, 0.05) is 12.8 Å². The fourth-order valence-corrected chi connectivity index (χ4v) is 3.82. The Labute approximate surface area is 145 Å². The van der Waals surface area contributed by atoms with Crippen LogP contribution in [0, 0.1) is 5.82 Å². The molecule has 7 nitrogen and oxygen atoms in total. The van der Waals surface area contributed by atoms with Crippen LogP contribution < -0.4 is 11.2 Å². The predicted molar refractivity (Wildman–Crippen MR) is 87.8 cm³/mol. The molecule has 3 heterocycles. The Morgan fingerprint density at radius 3 is 2.40 bits per heavy atom. The molecule has 2 saturated heterocycles. The van der Waals surface area contributed by atoms with Crippen molar-refractivity contribution in [1.29, 1.82) is 0 Å². The first kappa shape index (κ1) is 18.3. The van der Waals surface area contributed by atoms with Crippen LogP contribution in [-0.4, -0.2) is 33.7 Å². The Morgan fingerprint density at radius 2 is 1.80 bits per heavy atom. The summed E-state index contributed by atoms with van der Waals surface area (Å²) in [5, 5.41) is 0. The number of nitrogens with zero attached hydrogens (tertiary/aromatic N) is 1. The second-order valence-corrected chi connectivity index (χ2v) is 6.69. The lowest BCUT2D eigenvalue weighted by atomic mass is 10.1. The zero-order valence-corrected chi connectivity index (χ0v) is 14.8. The van der Waals surface area contributed by atoms with Crippen LogP contribution in [0.2, 0.25) is 0 Å². The van der Waals surface area contributed by atoms with E-state index < -0.39 is 35.2 Å². The standard InChI is InChI=1S/C17H25FN2O5/c1-4-7-17(8-5-2)24-12-11(6-3)23-15(13(12)25-17)20-9-10(18)14(21)19-16(20)22/h9,11-13,15H,4-8H2,1-3H3,(H,19,21,22)/t11-,12?,13+,15-/m1/s1. The normalized spacial score (nSPS) is 30.6. The average Bonchev–Trinajstić information content (AvgIpc) is 3.07. The summed E-state index contributed by atoms with van der Waals surface area (Å²) in [5.41, 5.74) is -1.77. The molecule has 0 aromatic carbocycles. The van der Waals surface area contributed by atoms with Crippen LogP contribution in [0.5, 0.6) is 0 Å². The first-order chi connectivity index (χ1) is 11.9. The first-order valence-electron chi connectivity index (χ1n) is 8.96. The van der Waals surface area contributed by atoms with Crippen molar-refractivity contribution in [3.63, 3.8) is 0 Å². The van der Waals surface area contributed by atoms with Crippen LogP contribution in [0.3, 0.4) is 0 Å². The minimum Gasteiger partial charge on any atom is -0.349 e. The molecule has 140 valence electrons. The van der Waals surface area contributed by atoms with Crippen molar-refractivity contribution >= 4 is 0 Å². The zero-order chi connectivity index (χ0) is 18.2. The number of hydrogen-bond donors (Lipinski definition) is 1. The third-order valence-corrected chi connectivity index (χ3v) is 4.85. The number of H-pyrrole nitrogens is 1. The Morgan fingerprint density at radius 1 is 1.16 bits per heavy atom. The number of rotatable bonds is 6. The van der Waals surface area contributed by atoms with Gasteiger partial charge in [-0.05, 0) is 6.42 Å². The molecule has 8 heteroatoms. The van der Waals surface area contributed by atoms with Crippen LogP contribution in [0.4, 0.5) is 4.39 Å². The van der Waals surface area contributed by atoms with Gasteiger partial charge < -0.3 is 14.2 Å². The van der Waals surface area contributed by atoms with Gasteiger partial charge in [-0.15, -0.1) is 0 Å². The fraction of sp³-hybridized carbons (Fsp3) is 0.765. The summed E-state index contributed by atoms with van der Waals surface area (Å²) in [7, 11) is 0. The monoisotopic (exact) mass is 356 g/mol. The number of ether oxygens (including phenoxy) is 3. The van der Waals surface area contributed by atoms with Gasteiger partial charge in [-0.1, -0.05) is 33.6 Å². The second kappa shape index (κ2) is 7.01. The van der Waals surface area contributed by atoms with Crippen molar-refractivity contribution in [1.82, 2.24) is 9.55 Å². The molecule has 4 atom stereocenters. The third-order valence-electron chi connectivity index (χ3n) is 4.85. The van der Waals surface area contributed by atoms with E-state index in [2.05, 4.69) is 13.8 Å². The van der Waals surface area contributed by atoms with Gasteiger partial charge in [-0.3, -0.25) is 14.3 Å². The summed E-state index contributed by atoms with van der Waals surface area (Å²) in [5.74, 6) is -1.73. The minimum atomic E-state index is -1.04. The Bertz CT molecular complexity index is 724. The lowest BCUT2D eigenvalue weighted by Crippen LogP contribution is -2.39. The predicted octanol–water partition coefficient (Wildman–Crippen LogP) is 2.06. The fourth-order valence-electron chi connectivity index (χ4n) is 3.82. The molecular weight excluding hydrogens is 331 g/mol. The lowest BCUT2D eigenvalue weighted by molar-refractivity contribution is -0.225. The molecular formula is C17H25FN2O5. The maximum Gasteiger partial charge on any atom is 0.330 e. The number of aromatic nitrogens is 2. The van der Waals surface area contributed by atoms with Gasteiger partial charge in [-0.25, -0.2) is 4.79 Å². The van der Waals surface area contributed by atoms with Crippen molar-refractivity contribution in [2.75, 3.05) is 0 Å². The van der Waals surface area contributed by atoms with Gasteiger partial charge in [0.25, 0.3) is 5.56 Å². The second-order valence-electron chi connectivity index (χ2n) is 6.69. The zero-order valence-electron chi connectivity index (χ0n) is 14.8. The summed E-state index contributed by atoms with van der Waals surface area (Å²) in [6.07, 6.45) is 2.90. The molecule has 1 N–H and O–H groups in total. The van der Waals surface area contributed by atoms with Gasteiger partial charge in [0.2, 0.25) is 5.82 Å². The van der Waals surface area contributed by atoms with Crippen LogP contribution in [-0.2, 0) is 14.2 Å². The van der Waals surface area contributed by atoms with Crippen molar-refractivity contribution in [3.05, 3.63) is 32.9 Å². The Hall–Kier alpha value is -1.51. The highest BCUT2D eigenvalue weighted by Gasteiger charge is 2.57.